The summed E-state index contributed by atoms with van der Waals surface area (Å²) in [5, 5.41) is 34.6. The van der Waals surface area contributed by atoms with E-state index >= 15 is 0 Å². The number of methoxy groups -OCH3 is 2. The first-order chi connectivity index (χ1) is 21.8. The van der Waals surface area contributed by atoms with E-state index in [-0.39, 0.29) is 11.7 Å². The summed E-state index contributed by atoms with van der Waals surface area (Å²) in [7, 11) is 3.21. The van der Waals surface area contributed by atoms with Crippen LogP contribution >= 0.6 is 0 Å². The van der Waals surface area contributed by atoms with E-state index in [1.165, 1.54) is 44.8 Å². The quantitative estimate of drug-likeness (QED) is 0.147. The van der Waals surface area contributed by atoms with Crippen molar-refractivity contribution in [3.05, 3.63) is 76.9 Å². The Bertz CT molecular complexity index is 1680. The van der Waals surface area contributed by atoms with Gasteiger partial charge in [0.15, 0.2) is 11.5 Å². The largest absolute Gasteiger partial charge is 0.507 e. The van der Waals surface area contributed by atoms with Gasteiger partial charge in [-0.3, -0.25) is 0 Å². The van der Waals surface area contributed by atoms with Crippen LogP contribution in [0.1, 0.15) is 93.1 Å². The van der Waals surface area contributed by atoms with Crippen LogP contribution in [0.3, 0.4) is 0 Å². The second kappa shape index (κ2) is 13.2. The number of phenols is 2. The van der Waals surface area contributed by atoms with Gasteiger partial charge in [-0.15, -0.1) is 0 Å². The highest BCUT2D eigenvalue weighted by atomic mass is 16.5. The van der Waals surface area contributed by atoms with E-state index in [9.17, 15) is 15.3 Å². The molecule has 0 saturated heterocycles. The predicted molar refractivity (Wildman–Crippen MR) is 179 cm³/mol. The fraction of sp³-hybridized carbons (Fsp3) is 0.436. The maximum atomic E-state index is 11.6. The Morgan fingerprint density at radius 2 is 1.60 bits per heavy atom. The number of aromatic hydroxyl groups is 2. The smallest absolute Gasteiger partial charge is 0.160 e. The first kappa shape index (κ1) is 31.1. The van der Waals surface area contributed by atoms with Gasteiger partial charge in [-0.05, 0) is 70.5 Å². The molecule has 4 aromatic rings. The van der Waals surface area contributed by atoms with Crippen molar-refractivity contribution in [3.63, 3.8) is 0 Å². The van der Waals surface area contributed by atoms with E-state index in [1.807, 2.05) is 30.3 Å². The van der Waals surface area contributed by atoms with Crippen LogP contribution in [0.4, 0.5) is 0 Å². The summed E-state index contributed by atoms with van der Waals surface area (Å²) in [6.45, 7) is 4.63. The molecule has 6 heteroatoms. The molecule has 238 valence electrons. The van der Waals surface area contributed by atoms with Crippen molar-refractivity contribution < 1.29 is 29.5 Å². The number of phenolic OH excluding ortho intramolecular Hbond substituents is 2. The summed E-state index contributed by atoms with van der Waals surface area (Å²) in [5.41, 5.74) is 6.25. The first-order valence-corrected chi connectivity index (χ1v) is 16.5. The molecular formula is C39H46O6. The minimum Gasteiger partial charge on any atom is -0.507 e. The lowest BCUT2D eigenvalue weighted by atomic mass is 9.71. The number of ether oxygens (including phenoxy) is 3. The maximum absolute atomic E-state index is 11.6. The molecule has 2 aliphatic rings. The minimum atomic E-state index is -0.790. The van der Waals surface area contributed by atoms with Crippen LogP contribution in [-0.4, -0.2) is 35.6 Å². The van der Waals surface area contributed by atoms with Gasteiger partial charge in [0.1, 0.15) is 23.4 Å². The molecule has 0 unspecified atom stereocenters. The highest BCUT2D eigenvalue weighted by Gasteiger charge is 2.38. The second-order valence-corrected chi connectivity index (χ2v) is 13.0. The summed E-state index contributed by atoms with van der Waals surface area (Å²) >= 11 is 0. The number of fused-ring (bicyclic) bond motifs is 7. The molecule has 0 fully saturated rings. The molecule has 45 heavy (non-hydrogen) atoms. The molecule has 0 bridgehead atoms. The molecular weight excluding hydrogens is 564 g/mol. The Kier molecular flexibility index (Phi) is 9.14. The van der Waals surface area contributed by atoms with Gasteiger partial charge in [-0.25, -0.2) is 0 Å². The summed E-state index contributed by atoms with van der Waals surface area (Å²) in [6, 6.07) is 17.0. The average molecular weight is 611 g/mol. The van der Waals surface area contributed by atoms with Gasteiger partial charge in [0, 0.05) is 29.0 Å². The van der Waals surface area contributed by atoms with Crippen LogP contribution < -0.4 is 14.2 Å². The van der Waals surface area contributed by atoms with Crippen LogP contribution in [0, 0.1) is 5.92 Å². The standard InChI is InChI=1S/C39H46O6/c1-5-6-7-11-23(2)12-10-13-24-18-26-19-31(41)27-14-8-9-15-28(27)37(26)38-35(44-4)22-33-29(36(24)38)21-32(42)39(45-33)25-16-17-30(40)34(20-25)43-3/h8-9,14-17,19-20,22-24,32,39-42H,5-7,10-13,18,21H2,1-4H3/t23-,24+,32+,39-/m0/s1. The number of benzene rings is 4. The molecule has 6 nitrogen and oxygen atoms in total. The summed E-state index contributed by atoms with van der Waals surface area (Å²) in [6.07, 6.45) is 8.22. The van der Waals surface area contributed by atoms with Crippen molar-refractivity contribution in [2.45, 2.75) is 89.8 Å². The Morgan fingerprint density at radius 3 is 2.36 bits per heavy atom. The lowest BCUT2D eigenvalue weighted by Gasteiger charge is -2.38. The van der Waals surface area contributed by atoms with Crippen molar-refractivity contribution in [2.75, 3.05) is 14.2 Å². The summed E-state index contributed by atoms with van der Waals surface area (Å²) in [5.74, 6) is 3.02. The minimum absolute atomic E-state index is 0.0436. The third-order valence-electron chi connectivity index (χ3n) is 9.95. The van der Waals surface area contributed by atoms with Gasteiger partial charge in [-0.1, -0.05) is 82.7 Å². The van der Waals surface area contributed by atoms with Crippen molar-refractivity contribution in [1.82, 2.24) is 0 Å². The van der Waals surface area contributed by atoms with Crippen LogP contribution in [-0.2, 0) is 12.8 Å². The summed E-state index contributed by atoms with van der Waals surface area (Å²) < 4.78 is 18.1. The molecule has 0 amide bonds. The van der Waals surface area contributed by atoms with Gasteiger partial charge in [0.05, 0.1) is 20.3 Å². The molecule has 1 aliphatic heterocycles. The molecule has 1 heterocycles. The molecule has 6 rings (SSSR count). The fourth-order valence-electron chi connectivity index (χ4n) is 7.66. The van der Waals surface area contributed by atoms with Crippen molar-refractivity contribution in [2.24, 2.45) is 5.92 Å². The van der Waals surface area contributed by atoms with E-state index in [4.69, 9.17) is 14.2 Å². The topological polar surface area (TPSA) is 88.4 Å². The molecule has 0 saturated carbocycles. The molecule has 1 aliphatic carbocycles. The molecule has 4 aromatic carbocycles. The van der Waals surface area contributed by atoms with Gasteiger partial charge in [0.25, 0.3) is 0 Å². The van der Waals surface area contributed by atoms with Crippen molar-refractivity contribution in [1.29, 1.82) is 0 Å². The molecule has 3 N–H and O–H groups in total. The monoisotopic (exact) mass is 610 g/mol. The Labute approximate surface area is 266 Å². The number of hydrogen-bond donors (Lipinski definition) is 3. The SMILES string of the molecule is CCCCC[C@H](C)CCC[C@@H]1Cc2cc(O)c3ccccc3c2-c2c(OC)cc3c(c21)C[C@@H](O)[C@H](c1ccc(O)c(OC)c1)O3. The zero-order valence-corrected chi connectivity index (χ0v) is 26.9. The van der Waals surface area contributed by atoms with Crippen molar-refractivity contribution in [3.8, 4) is 39.9 Å². The highest BCUT2D eigenvalue weighted by Crippen LogP contribution is 2.55. The Balaban J connectivity index is 1.44. The second-order valence-electron chi connectivity index (χ2n) is 13.0. The van der Waals surface area contributed by atoms with E-state index in [1.54, 1.807) is 25.3 Å². The fourth-order valence-corrected chi connectivity index (χ4v) is 7.66. The number of unbranched alkanes of at least 4 members (excludes halogenated alkanes) is 2. The van der Waals surface area contributed by atoms with E-state index < -0.39 is 12.2 Å². The molecule has 0 radical (unpaired) electrons. The molecule has 0 aromatic heterocycles. The van der Waals surface area contributed by atoms with Crippen LogP contribution in [0.2, 0.25) is 0 Å². The van der Waals surface area contributed by atoms with Gasteiger partial charge < -0.3 is 29.5 Å². The zero-order chi connectivity index (χ0) is 31.7. The zero-order valence-electron chi connectivity index (χ0n) is 26.9. The summed E-state index contributed by atoms with van der Waals surface area (Å²) in [4.78, 5) is 0. The number of aliphatic hydroxyl groups is 1. The lowest BCUT2D eigenvalue weighted by molar-refractivity contribution is 0.0201. The highest BCUT2D eigenvalue weighted by molar-refractivity contribution is 6.04. The van der Waals surface area contributed by atoms with Gasteiger partial charge >= 0.3 is 0 Å². The Morgan fingerprint density at radius 1 is 0.844 bits per heavy atom. The number of rotatable bonds is 11. The normalized spacial score (nSPS) is 19.3. The van der Waals surface area contributed by atoms with E-state index in [2.05, 4.69) is 19.9 Å². The van der Waals surface area contributed by atoms with Gasteiger partial charge in [0.2, 0.25) is 0 Å². The van der Waals surface area contributed by atoms with Crippen LogP contribution in [0.25, 0.3) is 21.9 Å². The van der Waals surface area contributed by atoms with Crippen LogP contribution in [0.5, 0.6) is 28.7 Å². The van der Waals surface area contributed by atoms with Gasteiger partial charge in [-0.2, -0.15) is 0 Å². The lowest BCUT2D eigenvalue weighted by Crippen LogP contribution is -2.32. The molecule has 0 spiro atoms. The molecule has 4 atom stereocenters. The third kappa shape index (κ3) is 5.93. The maximum Gasteiger partial charge on any atom is 0.160 e. The average Bonchev–Trinajstić information content (AvgIpc) is 3.04. The third-order valence-corrected chi connectivity index (χ3v) is 9.95. The van der Waals surface area contributed by atoms with E-state index in [0.29, 0.717) is 23.8 Å². The van der Waals surface area contributed by atoms with E-state index in [0.717, 1.165) is 69.4 Å². The Hall–Kier alpha value is -3.90. The predicted octanol–water partition coefficient (Wildman–Crippen LogP) is 9.00. The number of aliphatic hydroxyl groups excluding tert-OH is 1. The van der Waals surface area contributed by atoms with Crippen LogP contribution in [0.15, 0.2) is 54.6 Å². The number of hydrogen-bond acceptors (Lipinski definition) is 6. The first-order valence-electron chi connectivity index (χ1n) is 16.5. The van der Waals surface area contributed by atoms with Crippen molar-refractivity contribution >= 4 is 10.8 Å².